The van der Waals surface area contributed by atoms with E-state index >= 15 is 0 Å². The standard InChI is InChI=1S/C15H19F2NO/c1-9-4-3-5-14(10(9)2)18-15(19)12-7-6-11(16)8-13(12)17/h6-10,14H,3-5H2,1-2H3,(H,18,19)/t9-,10+,14-/m0/s1. The minimum atomic E-state index is -0.811. The Balaban J connectivity index is 2.08. The van der Waals surface area contributed by atoms with Gasteiger partial charge < -0.3 is 5.32 Å². The molecule has 0 bridgehead atoms. The monoisotopic (exact) mass is 267 g/mol. The Bertz CT molecular complexity index is 475. The number of carbonyl (C=O) groups is 1. The highest BCUT2D eigenvalue weighted by atomic mass is 19.1. The Kier molecular flexibility index (Phi) is 4.17. The molecule has 0 unspecified atom stereocenters. The lowest BCUT2D eigenvalue weighted by Crippen LogP contribution is -2.43. The summed E-state index contributed by atoms with van der Waals surface area (Å²) in [6.07, 6.45) is 3.15. The molecule has 4 heteroatoms. The van der Waals surface area contributed by atoms with E-state index in [9.17, 15) is 13.6 Å². The lowest BCUT2D eigenvalue weighted by molar-refractivity contribution is 0.0887. The molecule has 1 fully saturated rings. The molecule has 1 aromatic carbocycles. The molecule has 0 heterocycles. The average Bonchev–Trinajstić information content (AvgIpc) is 2.34. The molecular weight excluding hydrogens is 248 g/mol. The molecule has 1 aromatic rings. The van der Waals surface area contributed by atoms with E-state index < -0.39 is 17.5 Å². The summed E-state index contributed by atoms with van der Waals surface area (Å²) in [7, 11) is 0. The maximum Gasteiger partial charge on any atom is 0.254 e. The molecule has 0 radical (unpaired) electrons. The minimum absolute atomic E-state index is 0.0701. The van der Waals surface area contributed by atoms with E-state index in [1.54, 1.807) is 0 Å². The van der Waals surface area contributed by atoms with Gasteiger partial charge in [0, 0.05) is 12.1 Å². The second kappa shape index (κ2) is 5.68. The van der Waals surface area contributed by atoms with Crippen LogP contribution in [0.2, 0.25) is 0 Å². The summed E-state index contributed by atoms with van der Waals surface area (Å²) in [5, 5.41) is 2.87. The third-order valence-corrected chi connectivity index (χ3v) is 4.20. The van der Waals surface area contributed by atoms with Crippen LogP contribution in [0.3, 0.4) is 0 Å². The van der Waals surface area contributed by atoms with Crippen molar-refractivity contribution in [2.75, 3.05) is 0 Å². The van der Waals surface area contributed by atoms with E-state index in [1.807, 2.05) is 0 Å². The Labute approximate surface area is 112 Å². The van der Waals surface area contributed by atoms with E-state index in [2.05, 4.69) is 19.2 Å². The molecule has 19 heavy (non-hydrogen) atoms. The number of halogens is 2. The number of hydrogen-bond donors (Lipinski definition) is 1. The van der Waals surface area contributed by atoms with Gasteiger partial charge in [-0.3, -0.25) is 4.79 Å². The van der Waals surface area contributed by atoms with E-state index in [1.165, 1.54) is 12.5 Å². The van der Waals surface area contributed by atoms with Crippen LogP contribution in [0, 0.1) is 23.5 Å². The zero-order valence-electron chi connectivity index (χ0n) is 11.2. The maximum absolute atomic E-state index is 13.5. The molecule has 2 nitrogen and oxygen atoms in total. The lowest BCUT2D eigenvalue weighted by Gasteiger charge is -2.34. The van der Waals surface area contributed by atoms with Crippen molar-refractivity contribution in [2.24, 2.45) is 11.8 Å². The number of nitrogens with one attached hydrogen (secondary N) is 1. The summed E-state index contributed by atoms with van der Waals surface area (Å²) >= 11 is 0. The average molecular weight is 267 g/mol. The van der Waals surface area contributed by atoms with E-state index in [0.29, 0.717) is 11.8 Å². The molecule has 2 rings (SSSR count). The summed E-state index contributed by atoms with van der Waals surface area (Å²) in [5.74, 6) is -1.01. The van der Waals surface area contributed by atoms with Crippen LogP contribution in [0.15, 0.2) is 18.2 Å². The van der Waals surface area contributed by atoms with Gasteiger partial charge >= 0.3 is 0 Å². The molecule has 0 spiro atoms. The van der Waals surface area contributed by atoms with Crippen LogP contribution in [0.1, 0.15) is 43.5 Å². The summed E-state index contributed by atoms with van der Waals surface area (Å²) in [6, 6.07) is 3.10. The van der Waals surface area contributed by atoms with Gasteiger partial charge in [0.2, 0.25) is 0 Å². The van der Waals surface area contributed by atoms with E-state index in [-0.39, 0.29) is 11.6 Å². The fraction of sp³-hybridized carbons (Fsp3) is 0.533. The number of amides is 1. The third kappa shape index (κ3) is 3.11. The Morgan fingerprint density at radius 2 is 2.00 bits per heavy atom. The quantitative estimate of drug-likeness (QED) is 0.872. The number of rotatable bonds is 2. The molecule has 1 N–H and O–H groups in total. The predicted octanol–water partition coefficient (Wildman–Crippen LogP) is 3.52. The Morgan fingerprint density at radius 1 is 1.26 bits per heavy atom. The van der Waals surface area contributed by atoms with Crippen molar-refractivity contribution in [1.82, 2.24) is 5.32 Å². The number of hydrogen-bond acceptors (Lipinski definition) is 1. The van der Waals surface area contributed by atoms with E-state index in [0.717, 1.165) is 25.0 Å². The Hall–Kier alpha value is -1.45. The van der Waals surface area contributed by atoms with Crippen LogP contribution >= 0.6 is 0 Å². The maximum atomic E-state index is 13.5. The zero-order chi connectivity index (χ0) is 14.0. The molecule has 0 aliphatic heterocycles. The molecule has 1 saturated carbocycles. The SMILES string of the molecule is C[C@H]1[C@@H](NC(=O)c2ccc(F)cc2F)CCC[C@@H]1C. The first-order valence-electron chi connectivity index (χ1n) is 6.75. The van der Waals surface area contributed by atoms with Gasteiger partial charge in [0.15, 0.2) is 0 Å². The highest BCUT2D eigenvalue weighted by Gasteiger charge is 2.28. The molecule has 0 saturated heterocycles. The molecule has 3 atom stereocenters. The summed E-state index contributed by atoms with van der Waals surface area (Å²) < 4.78 is 26.3. The van der Waals surface area contributed by atoms with Gasteiger partial charge in [-0.1, -0.05) is 26.7 Å². The van der Waals surface area contributed by atoms with Crippen molar-refractivity contribution in [3.05, 3.63) is 35.4 Å². The first-order chi connectivity index (χ1) is 8.99. The van der Waals surface area contributed by atoms with Crippen molar-refractivity contribution in [1.29, 1.82) is 0 Å². The van der Waals surface area contributed by atoms with Crippen molar-refractivity contribution in [2.45, 2.75) is 39.2 Å². The largest absolute Gasteiger partial charge is 0.349 e. The molecule has 1 aliphatic rings. The highest BCUT2D eigenvalue weighted by molar-refractivity contribution is 5.94. The minimum Gasteiger partial charge on any atom is -0.349 e. The van der Waals surface area contributed by atoms with Crippen LogP contribution < -0.4 is 5.32 Å². The van der Waals surface area contributed by atoms with Crippen molar-refractivity contribution < 1.29 is 13.6 Å². The molecule has 104 valence electrons. The van der Waals surface area contributed by atoms with Crippen molar-refractivity contribution >= 4 is 5.91 Å². The molecule has 1 aliphatic carbocycles. The topological polar surface area (TPSA) is 29.1 Å². The van der Waals surface area contributed by atoms with Gasteiger partial charge in [-0.05, 0) is 30.4 Å². The number of carbonyl (C=O) groups excluding carboxylic acids is 1. The Morgan fingerprint density at radius 3 is 2.68 bits per heavy atom. The fourth-order valence-corrected chi connectivity index (χ4v) is 2.71. The van der Waals surface area contributed by atoms with Crippen LogP contribution in [-0.2, 0) is 0 Å². The fourth-order valence-electron chi connectivity index (χ4n) is 2.71. The zero-order valence-corrected chi connectivity index (χ0v) is 11.2. The van der Waals surface area contributed by atoms with Gasteiger partial charge in [-0.15, -0.1) is 0 Å². The van der Waals surface area contributed by atoms with Gasteiger partial charge in [0.05, 0.1) is 5.56 Å². The lowest BCUT2D eigenvalue weighted by atomic mass is 9.78. The third-order valence-electron chi connectivity index (χ3n) is 4.20. The van der Waals surface area contributed by atoms with Crippen LogP contribution in [0.4, 0.5) is 8.78 Å². The molecule has 1 amide bonds. The van der Waals surface area contributed by atoms with Gasteiger partial charge in [0.25, 0.3) is 5.91 Å². The summed E-state index contributed by atoms with van der Waals surface area (Å²) in [5.41, 5.74) is -0.0909. The number of benzene rings is 1. The first kappa shape index (κ1) is 14.0. The van der Waals surface area contributed by atoms with Crippen LogP contribution in [0.5, 0.6) is 0 Å². The molecule has 0 aromatic heterocycles. The van der Waals surface area contributed by atoms with Crippen molar-refractivity contribution in [3.8, 4) is 0 Å². The van der Waals surface area contributed by atoms with E-state index in [4.69, 9.17) is 0 Å². The van der Waals surface area contributed by atoms with Crippen LogP contribution in [0.25, 0.3) is 0 Å². The summed E-state index contributed by atoms with van der Waals surface area (Å²) in [4.78, 5) is 12.0. The van der Waals surface area contributed by atoms with Gasteiger partial charge in [-0.2, -0.15) is 0 Å². The second-order valence-electron chi connectivity index (χ2n) is 5.47. The molecular formula is C15H19F2NO. The highest BCUT2D eigenvalue weighted by Crippen LogP contribution is 2.29. The normalized spacial score (nSPS) is 27.1. The van der Waals surface area contributed by atoms with Gasteiger partial charge in [0.1, 0.15) is 11.6 Å². The smallest absolute Gasteiger partial charge is 0.254 e. The predicted molar refractivity (Wildman–Crippen MR) is 69.8 cm³/mol. The van der Waals surface area contributed by atoms with Crippen molar-refractivity contribution in [3.63, 3.8) is 0 Å². The second-order valence-corrected chi connectivity index (χ2v) is 5.47. The summed E-state index contributed by atoms with van der Waals surface area (Å²) in [6.45, 7) is 4.28. The first-order valence-corrected chi connectivity index (χ1v) is 6.75. The van der Waals surface area contributed by atoms with Crippen LogP contribution in [-0.4, -0.2) is 11.9 Å². The van der Waals surface area contributed by atoms with Gasteiger partial charge in [-0.25, -0.2) is 8.78 Å².